The van der Waals surface area contributed by atoms with Gasteiger partial charge < -0.3 is 16.0 Å². The molecule has 0 saturated carbocycles. The van der Waals surface area contributed by atoms with Crippen LogP contribution in [-0.2, 0) is 11.3 Å². The van der Waals surface area contributed by atoms with Crippen LogP contribution in [0.2, 0.25) is 0 Å². The van der Waals surface area contributed by atoms with Crippen molar-refractivity contribution in [3.8, 4) is 0 Å². The maximum atomic E-state index is 12.4. The molecule has 3 aromatic heterocycles. The number of anilines is 3. The Labute approximate surface area is 183 Å². The van der Waals surface area contributed by atoms with Gasteiger partial charge >= 0.3 is 0 Å². The number of hydrogen-bond donors (Lipinski definition) is 3. The largest absolute Gasteiger partial charge is 0.367 e. The fourth-order valence-corrected chi connectivity index (χ4v) is 3.03. The molecule has 4 rings (SSSR count). The number of rotatable bonds is 9. The predicted molar refractivity (Wildman–Crippen MR) is 122 cm³/mol. The second-order valence-electron chi connectivity index (χ2n) is 6.93. The highest BCUT2D eigenvalue weighted by Crippen LogP contribution is 2.11. The number of nitrogens with one attached hydrogen (secondary N) is 3. The normalized spacial score (nSPS) is 10.6. The molecule has 0 bridgehead atoms. The summed E-state index contributed by atoms with van der Waals surface area (Å²) >= 11 is 0. The topological polar surface area (TPSA) is 127 Å². The van der Waals surface area contributed by atoms with Crippen LogP contribution in [0.25, 0.3) is 10.9 Å². The minimum Gasteiger partial charge on any atom is -0.367 e. The third-order valence-corrected chi connectivity index (χ3v) is 4.65. The quantitative estimate of drug-likeness (QED) is 0.344. The number of aromatic nitrogens is 5. The number of aryl methyl sites for hydroxylation is 1. The van der Waals surface area contributed by atoms with Gasteiger partial charge in [-0.05, 0) is 36.4 Å². The van der Waals surface area contributed by atoms with Crippen molar-refractivity contribution in [1.29, 1.82) is 0 Å². The van der Waals surface area contributed by atoms with Crippen molar-refractivity contribution in [1.82, 2.24) is 30.0 Å². The molecule has 162 valence electrons. The number of amides is 1. The van der Waals surface area contributed by atoms with E-state index in [1.807, 2.05) is 24.3 Å². The third kappa shape index (κ3) is 5.42. The van der Waals surface area contributed by atoms with E-state index in [0.29, 0.717) is 41.4 Å². The van der Waals surface area contributed by atoms with E-state index in [-0.39, 0.29) is 24.4 Å². The summed E-state index contributed by atoms with van der Waals surface area (Å²) in [5.74, 6) is 1.72. The first-order valence-corrected chi connectivity index (χ1v) is 10.2. The molecule has 0 aliphatic heterocycles. The number of pyridine rings is 1. The zero-order valence-electron chi connectivity index (χ0n) is 17.2. The second-order valence-corrected chi connectivity index (χ2v) is 6.93. The van der Waals surface area contributed by atoms with Crippen LogP contribution in [0, 0.1) is 0 Å². The molecule has 0 unspecified atom stereocenters. The number of hydrogen-bond acceptors (Lipinski definition) is 8. The van der Waals surface area contributed by atoms with Crippen LogP contribution >= 0.6 is 0 Å². The summed E-state index contributed by atoms with van der Waals surface area (Å²) in [6, 6.07) is 16.3. The lowest BCUT2D eigenvalue weighted by atomic mass is 10.2. The van der Waals surface area contributed by atoms with Crippen molar-refractivity contribution in [2.24, 2.45) is 0 Å². The highest BCUT2D eigenvalue weighted by atomic mass is 16.1. The minimum absolute atomic E-state index is 0.146. The molecule has 0 spiro atoms. The van der Waals surface area contributed by atoms with Gasteiger partial charge in [-0.2, -0.15) is 0 Å². The average Bonchev–Trinajstić information content (AvgIpc) is 2.83. The molecule has 1 amide bonds. The lowest BCUT2D eigenvalue weighted by molar-refractivity contribution is -0.121. The first-order valence-electron chi connectivity index (χ1n) is 10.2. The standard InChI is InChI=1S/C22H22N8O2/c31-21(10-14-30-15-26-17-6-2-1-5-16(17)22(30)32)25-13-12-24-19-8-9-20(29-28-19)27-18-7-3-4-11-23-18/h1-9,11,15H,10,12-14H2,(H,24,28)(H,25,31)(H,23,27,29). The molecule has 0 atom stereocenters. The van der Waals surface area contributed by atoms with Gasteiger partial charge in [0.1, 0.15) is 11.6 Å². The average molecular weight is 430 g/mol. The van der Waals surface area contributed by atoms with Crippen LogP contribution in [0.3, 0.4) is 0 Å². The van der Waals surface area contributed by atoms with Gasteiger partial charge in [0.05, 0.1) is 17.2 Å². The van der Waals surface area contributed by atoms with E-state index in [9.17, 15) is 9.59 Å². The smallest absolute Gasteiger partial charge is 0.261 e. The van der Waals surface area contributed by atoms with E-state index in [0.717, 1.165) is 0 Å². The molecule has 0 aliphatic carbocycles. The monoisotopic (exact) mass is 430 g/mol. The van der Waals surface area contributed by atoms with Gasteiger partial charge in [-0.25, -0.2) is 9.97 Å². The van der Waals surface area contributed by atoms with E-state index in [4.69, 9.17) is 0 Å². The van der Waals surface area contributed by atoms with Crippen LogP contribution in [-0.4, -0.2) is 43.7 Å². The van der Waals surface area contributed by atoms with E-state index in [1.54, 1.807) is 36.5 Å². The molecule has 3 N–H and O–H groups in total. The Balaban J connectivity index is 1.18. The number of benzene rings is 1. The molecule has 0 aliphatic rings. The molecule has 0 radical (unpaired) electrons. The van der Waals surface area contributed by atoms with Gasteiger partial charge in [-0.1, -0.05) is 18.2 Å². The van der Waals surface area contributed by atoms with E-state index < -0.39 is 0 Å². The van der Waals surface area contributed by atoms with Gasteiger partial charge in [-0.15, -0.1) is 10.2 Å². The number of para-hydroxylation sites is 1. The van der Waals surface area contributed by atoms with Crippen LogP contribution in [0.5, 0.6) is 0 Å². The Morgan fingerprint density at radius 2 is 1.69 bits per heavy atom. The van der Waals surface area contributed by atoms with Crippen LogP contribution in [0.4, 0.5) is 17.5 Å². The third-order valence-electron chi connectivity index (χ3n) is 4.65. The molecule has 10 nitrogen and oxygen atoms in total. The maximum Gasteiger partial charge on any atom is 0.261 e. The van der Waals surface area contributed by atoms with Crippen molar-refractivity contribution in [2.45, 2.75) is 13.0 Å². The fraction of sp³-hybridized carbons (Fsp3) is 0.182. The van der Waals surface area contributed by atoms with Crippen LogP contribution < -0.4 is 21.5 Å². The summed E-state index contributed by atoms with van der Waals surface area (Å²) in [7, 11) is 0. The Bertz CT molecular complexity index is 1240. The van der Waals surface area contributed by atoms with Gasteiger partial charge in [-0.3, -0.25) is 14.2 Å². The van der Waals surface area contributed by atoms with Gasteiger partial charge in [0.2, 0.25) is 5.91 Å². The van der Waals surface area contributed by atoms with E-state index >= 15 is 0 Å². The molecule has 4 aromatic rings. The molecule has 3 heterocycles. The number of fused-ring (bicyclic) bond motifs is 1. The lowest BCUT2D eigenvalue weighted by Crippen LogP contribution is -2.31. The van der Waals surface area contributed by atoms with Crippen molar-refractivity contribution in [2.75, 3.05) is 23.7 Å². The number of carbonyl (C=O) groups is 1. The van der Waals surface area contributed by atoms with Crippen molar-refractivity contribution in [3.63, 3.8) is 0 Å². The molecule has 1 aromatic carbocycles. The highest BCUT2D eigenvalue weighted by Gasteiger charge is 2.06. The van der Waals surface area contributed by atoms with Crippen LogP contribution in [0.15, 0.2) is 71.9 Å². The molecule has 10 heteroatoms. The first-order chi connectivity index (χ1) is 15.7. The van der Waals surface area contributed by atoms with Crippen molar-refractivity contribution in [3.05, 3.63) is 77.5 Å². The second kappa shape index (κ2) is 10.1. The molecule has 32 heavy (non-hydrogen) atoms. The zero-order chi connectivity index (χ0) is 22.2. The van der Waals surface area contributed by atoms with Crippen molar-refractivity contribution < 1.29 is 4.79 Å². The molecule has 0 saturated heterocycles. The summed E-state index contributed by atoms with van der Waals surface area (Å²) in [4.78, 5) is 33.0. The fourth-order valence-electron chi connectivity index (χ4n) is 3.03. The Morgan fingerprint density at radius 1 is 0.875 bits per heavy atom. The molecular weight excluding hydrogens is 408 g/mol. The van der Waals surface area contributed by atoms with E-state index in [1.165, 1.54) is 10.9 Å². The summed E-state index contributed by atoms with van der Waals surface area (Å²) < 4.78 is 1.45. The van der Waals surface area contributed by atoms with Crippen molar-refractivity contribution >= 4 is 34.3 Å². The number of nitrogens with zero attached hydrogens (tertiary/aromatic N) is 5. The Morgan fingerprint density at radius 3 is 2.50 bits per heavy atom. The lowest BCUT2D eigenvalue weighted by Gasteiger charge is -2.09. The SMILES string of the molecule is O=C(CCn1cnc2ccccc2c1=O)NCCNc1ccc(Nc2ccccn2)nn1. The number of carbonyl (C=O) groups excluding carboxylic acids is 1. The van der Waals surface area contributed by atoms with Gasteiger partial charge in [0, 0.05) is 32.3 Å². The summed E-state index contributed by atoms with van der Waals surface area (Å²) in [5.41, 5.74) is 0.498. The Kier molecular flexibility index (Phi) is 6.61. The highest BCUT2D eigenvalue weighted by molar-refractivity contribution is 5.77. The maximum absolute atomic E-state index is 12.4. The molecular formula is C22H22N8O2. The summed E-state index contributed by atoms with van der Waals surface area (Å²) in [6.07, 6.45) is 3.36. The van der Waals surface area contributed by atoms with Gasteiger partial charge in [0.15, 0.2) is 5.82 Å². The predicted octanol–water partition coefficient (Wildman–Crippen LogP) is 1.94. The van der Waals surface area contributed by atoms with Crippen LogP contribution in [0.1, 0.15) is 6.42 Å². The minimum atomic E-state index is -0.148. The summed E-state index contributed by atoms with van der Waals surface area (Å²) in [6.45, 7) is 1.18. The zero-order valence-corrected chi connectivity index (χ0v) is 17.2. The summed E-state index contributed by atoms with van der Waals surface area (Å²) in [5, 5.41) is 17.7. The molecule has 0 fully saturated rings. The van der Waals surface area contributed by atoms with E-state index in [2.05, 4.69) is 36.1 Å². The first kappa shape index (κ1) is 20.9. The Hall–Kier alpha value is -4.34. The van der Waals surface area contributed by atoms with Gasteiger partial charge in [0.25, 0.3) is 5.56 Å².